The number of hydrogen-bond donors (Lipinski definition) is 0. The van der Waals surface area contributed by atoms with Crippen molar-refractivity contribution in [1.29, 1.82) is 0 Å². The van der Waals surface area contributed by atoms with Crippen LogP contribution in [-0.4, -0.2) is 23.4 Å². The molecule has 1 aromatic rings. The van der Waals surface area contributed by atoms with Crippen LogP contribution in [0.3, 0.4) is 0 Å². The van der Waals surface area contributed by atoms with Crippen LogP contribution >= 0.6 is 11.8 Å². The first-order valence-corrected chi connectivity index (χ1v) is 7.83. The summed E-state index contributed by atoms with van der Waals surface area (Å²) in [4.78, 5) is 12.0. The Balaban J connectivity index is 2.67. The molecule has 0 spiro atoms. The van der Waals surface area contributed by atoms with E-state index in [1.807, 2.05) is 25.1 Å². The average Bonchev–Trinajstić information content (AvgIpc) is 2.34. The number of ether oxygens (including phenoxy) is 1. The molecule has 0 atom stereocenters. The Kier molecular flexibility index (Phi) is 6.43. The van der Waals surface area contributed by atoms with E-state index in [9.17, 15) is 4.79 Å². The van der Waals surface area contributed by atoms with E-state index in [1.165, 1.54) is 0 Å². The van der Waals surface area contributed by atoms with Crippen LogP contribution < -0.4 is 4.74 Å². The van der Waals surface area contributed by atoms with E-state index in [2.05, 4.69) is 27.7 Å². The van der Waals surface area contributed by atoms with Gasteiger partial charge in [0, 0.05) is 5.56 Å². The average molecular weight is 280 g/mol. The number of Topliss-reactive ketones (excluding diaryl/α,β-unsaturated/α-hetero) is 1. The fourth-order valence-electron chi connectivity index (χ4n) is 1.57. The fourth-order valence-corrected chi connectivity index (χ4v) is 2.22. The number of carbonyl (C=O) groups is 1. The summed E-state index contributed by atoms with van der Waals surface area (Å²) in [6.07, 6.45) is 0. The molecule has 0 heterocycles. The van der Waals surface area contributed by atoms with Gasteiger partial charge in [-0.15, -0.1) is 0 Å². The zero-order valence-corrected chi connectivity index (χ0v) is 13.3. The third kappa shape index (κ3) is 5.68. The van der Waals surface area contributed by atoms with Gasteiger partial charge in [0.15, 0.2) is 5.78 Å². The Hall–Kier alpha value is -0.960. The van der Waals surface area contributed by atoms with Gasteiger partial charge >= 0.3 is 0 Å². The molecule has 0 aliphatic carbocycles. The van der Waals surface area contributed by atoms with Gasteiger partial charge in [-0.2, -0.15) is 11.8 Å². The van der Waals surface area contributed by atoms with Crippen molar-refractivity contribution < 1.29 is 9.53 Å². The van der Waals surface area contributed by atoms with Crippen LogP contribution in [0.4, 0.5) is 0 Å². The van der Waals surface area contributed by atoms with Gasteiger partial charge in [0.2, 0.25) is 0 Å². The Bertz CT molecular complexity index is 425. The Morgan fingerprint density at radius 3 is 2.47 bits per heavy atom. The van der Waals surface area contributed by atoms with Crippen LogP contribution in [0, 0.1) is 12.8 Å². The molecular weight excluding hydrogens is 256 g/mol. The molecule has 0 radical (unpaired) electrons. The molecule has 0 aliphatic heterocycles. The lowest BCUT2D eigenvalue weighted by Gasteiger charge is -2.12. The third-order valence-electron chi connectivity index (χ3n) is 2.62. The first-order valence-electron chi connectivity index (χ1n) is 6.78. The van der Waals surface area contributed by atoms with E-state index in [0.717, 1.165) is 16.9 Å². The normalized spacial score (nSPS) is 11.1. The number of carbonyl (C=O) groups excluding carboxylic acids is 1. The molecule has 1 rings (SSSR count). The second-order valence-corrected chi connectivity index (χ2v) is 7.03. The highest BCUT2D eigenvalue weighted by Gasteiger charge is 2.10. The maximum absolute atomic E-state index is 12.0. The molecule has 0 saturated carbocycles. The molecule has 0 amide bonds. The highest BCUT2D eigenvalue weighted by molar-refractivity contribution is 8.00. The van der Waals surface area contributed by atoms with Crippen LogP contribution in [0.25, 0.3) is 0 Å². The monoisotopic (exact) mass is 280 g/mol. The van der Waals surface area contributed by atoms with E-state index in [1.54, 1.807) is 11.8 Å². The molecule has 0 N–H and O–H groups in total. The first-order chi connectivity index (χ1) is 8.90. The van der Waals surface area contributed by atoms with Gasteiger partial charge < -0.3 is 4.74 Å². The largest absolute Gasteiger partial charge is 0.493 e. The van der Waals surface area contributed by atoms with Crippen molar-refractivity contribution in [2.24, 2.45) is 5.92 Å². The summed E-state index contributed by atoms with van der Waals surface area (Å²) in [6.45, 7) is 11.1. The lowest BCUT2D eigenvalue weighted by molar-refractivity contribution is 0.102. The number of ketones is 1. The molecule has 19 heavy (non-hydrogen) atoms. The second-order valence-electron chi connectivity index (χ2n) is 5.47. The van der Waals surface area contributed by atoms with Gasteiger partial charge in [0.05, 0.1) is 12.4 Å². The molecular formula is C16H24O2S. The number of rotatable bonds is 7. The number of aryl methyl sites for hydroxylation is 1. The Morgan fingerprint density at radius 1 is 1.26 bits per heavy atom. The Labute approximate surface area is 120 Å². The third-order valence-corrected chi connectivity index (χ3v) is 3.71. The van der Waals surface area contributed by atoms with Gasteiger partial charge in [0.1, 0.15) is 5.75 Å². The second kappa shape index (κ2) is 7.59. The summed E-state index contributed by atoms with van der Waals surface area (Å²) in [6, 6.07) is 5.70. The van der Waals surface area contributed by atoms with Gasteiger partial charge in [-0.05, 0) is 41.9 Å². The zero-order chi connectivity index (χ0) is 14.4. The summed E-state index contributed by atoms with van der Waals surface area (Å²) < 4.78 is 5.71. The predicted octanol–water partition coefficient (Wildman–Crippen LogP) is 4.35. The zero-order valence-electron chi connectivity index (χ0n) is 12.5. The minimum atomic E-state index is 0.192. The fraction of sp³-hybridized carbons (Fsp3) is 0.562. The smallest absolute Gasteiger partial charge is 0.172 e. The van der Waals surface area contributed by atoms with Crippen LogP contribution in [0.15, 0.2) is 18.2 Å². The predicted molar refractivity (Wildman–Crippen MR) is 83.4 cm³/mol. The standard InChI is InChI=1S/C16H24O2S/c1-11(2)9-18-16-7-6-14(8-13(16)5)15(17)10-19-12(3)4/h6-8,11-12H,9-10H2,1-5H3. The highest BCUT2D eigenvalue weighted by atomic mass is 32.2. The van der Waals surface area contributed by atoms with Crippen LogP contribution in [0.5, 0.6) is 5.75 Å². The molecule has 1 aromatic carbocycles. The molecule has 3 heteroatoms. The van der Waals surface area contributed by atoms with Crippen molar-refractivity contribution in [3.8, 4) is 5.75 Å². The van der Waals surface area contributed by atoms with Crippen molar-refractivity contribution in [3.63, 3.8) is 0 Å². The van der Waals surface area contributed by atoms with E-state index < -0.39 is 0 Å². The minimum absolute atomic E-state index is 0.192. The van der Waals surface area contributed by atoms with Gasteiger partial charge in [0.25, 0.3) is 0 Å². The number of thioether (sulfide) groups is 1. The molecule has 106 valence electrons. The van der Waals surface area contributed by atoms with Crippen molar-refractivity contribution in [2.75, 3.05) is 12.4 Å². The first kappa shape index (κ1) is 16.1. The van der Waals surface area contributed by atoms with Gasteiger partial charge in [-0.3, -0.25) is 4.79 Å². The topological polar surface area (TPSA) is 26.3 Å². The van der Waals surface area contributed by atoms with E-state index in [-0.39, 0.29) is 5.78 Å². The molecule has 0 bridgehead atoms. The maximum atomic E-state index is 12.0. The van der Waals surface area contributed by atoms with Gasteiger partial charge in [-0.1, -0.05) is 27.7 Å². The summed E-state index contributed by atoms with van der Waals surface area (Å²) >= 11 is 1.68. The molecule has 0 saturated heterocycles. The molecule has 0 aliphatic rings. The SMILES string of the molecule is Cc1cc(C(=O)CSC(C)C)ccc1OCC(C)C. The van der Waals surface area contributed by atoms with E-state index in [0.29, 0.717) is 23.5 Å². The molecule has 2 nitrogen and oxygen atoms in total. The van der Waals surface area contributed by atoms with Crippen LogP contribution in [0.2, 0.25) is 0 Å². The van der Waals surface area contributed by atoms with Crippen molar-refractivity contribution >= 4 is 17.5 Å². The maximum Gasteiger partial charge on any atom is 0.172 e. The summed E-state index contributed by atoms with van der Waals surface area (Å²) in [5.74, 6) is 2.12. The lowest BCUT2D eigenvalue weighted by Crippen LogP contribution is -2.08. The Morgan fingerprint density at radius 2 is 1.95 bits per heavy atom. The van der Waals surface area contributed by atoms with Crippen molar-refractivity contribution in [2.45, 2.75) is 39.9 Å². The molecule has 0 fully saturated rings. The summed E-state index contributed by atoms with van der Waals surface area (Å²) in [5, 5.41) is 0.485. The quantitative estimate of drug-likeness (QED) is 0.694. The van der Waals surface area contributed by atoms with Crippen LogP contribution in [0.1, 0.15) is 43.6 Å². The van der Waals surface area contributed by atoms with Crippen LogP contribution in [-0.2, 0) is 0 Å². The molecule has 0 unspecified atom stereocenters. The lowest BCUT2D eigenvalue weighted by atomic mass is 10.1. The number of benzene rings is 1. The summed E-state index contributed by atoms with van der Waals surface area (Å²) in [7, 11) is 0. The van der Waals surface area contributed by atoms with Crippen molar-refractivity contribution in [3.05, 3.63) is 29.3 Å². The van der Waals surface area contributed by atoms with Gasteiger partial charge in [-0.25, -0.2) is 0 Å². The number of hydrogen-bond acceptors (Lipinski definition) is 3. The summed E-state index contributed by atoms with van der Waals surface area (Å²) in [5.41, 5.74) is 1.81. The van der Waals surface area contributed by atoms with Crippen molar-refractivity contribution in [1.82, 2.24) is 0 Å². The minimum Gasteiger partial charge on any atom is -0.493 e. The molecule has 0 aromatic heterocycles. The van der Waals surface area contributed by atoms with E-state index in [4.69, 9.17) is 4.74 Å². The van der Waals surface area contributed by atoms with E-state index >= 15 is 0 Å². The highest BCUT2D eigenvalue weighted by Crippen LogP contribution is 2.21.